The molecule has 16 heavy (non-hydrogen) atoms. The predicted octanol–water partition coefficient (Wildman–Crippen LogP) is 5.36. The number of hydrogen-bond donors (Lipinski definition) is 0. The van der Waals surface area contributed by atoms with Gasteiger partial charge in [-0.3, -0.25) is 0 Å². The molecule has 0 amide bonds. The van der Waals surface area contributed by atoms with Crippen LogP contribution in [0.25, 0.3) is 0 Å². The van der Waals surface area contributed by atoms with E-state index in [1.807, 2.05) is 0 Å². The molecule has 0 spiro atoms. The Balaban J connectivity index is 2.29. The molecule has 0 heterocycles. The third-order valence-electron chi connectivity index (χ3n) is 3.96. The molecule has 0 aromatic carbocycles. The summed E-state index contributed by atoms with van der Waals surface area (Å²) in [6.45, 7) is 4.50. The summed E-state index contributed by atoms with van der Waals surface area (Å²) < 4.78 is 12.3. The Morgan fingerprint density at radius 1 is 1.19 bits per heavy atom. The topological polar surface area (TPSA) is 17.1 Å². The van der Waals surface area contributed by atoms with Gasteiger partial charge in [0.15, 0.2) is 5.66 Å². The fourth-order valence-corrected chi connectivity index (χ4v) is 4.88. The second-order valence-corrected chi connectivity index (χ2v) is 7.24. The molecule has 0 saturated heterocycles. The maximum absolute atomic E-state index is 12.3. The van der Waals surface area contributed by atoms with Gasteiger partial charge in [0.2, 0.25) is 0 Å². The lowest BCUT2D eigenvalue weighted by Crippen LogP contribution is -2.12. The zero-order valence-corrected chi connectivity index (χ0v) is 12.0. The predicted molar refractivity (Wildman–Crippen MR) is 72.7 cm³/mol. The van der Waals surface area contributed by atoms with Crippen LogP contribution in [0.4, 0.5) is 0 Å². The van der Waals surface area contributed by atoms with Crippen LogP contribution in [0, 0.1) is 5.92 Å². The van der Waals surface area contributed by atoms with Crippen LogP contribution in [0.5, 0.6) is 0 Å². The minimum atomic E-state index is -0.910. The molecular weight excluding hydrogens is 215 g/mol. The van der Waals surface area contributed by atoms with Crippen molar-refractivity contribution in [3.63, 3.8) is 0 Å². The van der Waals surface area contributed by atoms with Crippen molar-refractivity contribution in [1.29, 1.82) is 0 Å². The van der Waals surface area contributed by atoms with Crippen molar-refractivity contribution < 1.29 is 4.57 Å². The molecule has 1 aliphatic carbocycles. The molecule has 1 nitrogen and oxygen atoms in total. The summed E-state index contributed by atoms with van der Waals surface area (Å²) >= 11 is 0. The molecule has 1 saturated carbocycles. The standard InChI is InChI=1S/C14H28OP/c1-3-5-9-13(4-2)12-16(15)14-10-7-6-8-11-14/h13-14H,3-12H2,1-2H3/q+1. The summed E-state index contributed by atoms with van der Waals surface area (Å²) in [4.78, 5) is 0. The van der Waals surface area contributed by atoms with Crippen molar-refractivity contribution in [1.82, 2.24) is 0 Å². The first-order valence-corrected chi connectivity index (χ1v) is 8.73. The van der Waals surface area contributed by atoms with Crippen molar-refractivity contribution in [2.45, 2.75) is 77.3 Å². The van der Waals surface area contributed by atoms with Gasteiger partial charge in [-0.1, -0.05) is 37.7 Å². The van der Waals surface area contributed by atoms with Gasteiger partial charge in [-0.15, -0.1) is 0 Å². The molecule has 0 bridgehead atoms. The van der Waals surface area contributed by atoms with E-state index in [2.05, 4.69) is 13.8 Å². The summed E-state index contributed by atoms with van der Waals surface area (Å²) in [5.41, 5.74) is 0.569. The Morgan fingerprint density at radius 2 is 1.88 bits per heavy atom. The molecule has 0 aliphatic heterocycles. The van der Waals surface area contributed by atoms with Crippen molar-refractivity contribution in [3.05, 3.63) is 0 Å². The van der Waals surface area contributed by atoms with E-state index in [0.717, 1.165) is 12.1 Å². The van der Waals surface area contributed by atoms with E-state index >= 15 is 0 Å². The Bertz CT molecular complexity index is 197. The van der Waals surface area contributed by atoms with Crippen molar-refractivity contribution in [3.8, 4) is 0 Å². The highest BCUT2D eigenvalue weighted by Crippen LogP contribution is 2.40. The number of unbranched alkanes of at least 4 members (excludes halogenated alkanes) is 1. The molecule has 1 aliphatic rings. The highest BCUT2D eigenvalue weighted by Gasteiger charge is 2.33. The van der Waals surface area contributed by atoms with Gasteiger partial charge >= 0.3 is 7.80 Å². The molecule has 0 radical (unpaired) electrons. The minimum Gasteiger partial charge on any atom is -0.0745 e. The first kappa shape index (κ1) is 14.2. The van der Waals surface area contributed by atoms with E-state index in [9.17, 15) is 4.57 Å². The molecule has 0 aromatic rings. The number of rotatable bonds is 7. The van der Waals surface area contributed by atoms with Gasteiger partial charge in [-0.25, -0.2) is 0 Å². The SMILES string of the molecule is CCCCC(CC)C[P+](=O)C1CCCCC1. The van der Waals surface area contributed by atoms with E-state index in [0.29, 0.717) is 5.66 Å². The molecular formula is C14H28OP+. The van der Waals surface area contributed by atoms with Crippen molar-refractivity contribution in [2.24, 2.45) is 5.92 Å². The third-order valence-corrected chi connectivity index (χ3v) is 6.17. The van der Waals surface area contributed by atoms with Crippen LogP contribution in [0.3, 0.4) is 0 Å². The van der Waals surface area contributed by atoms with E-state index in [-0.39, 0.29) is 0 Å². The Morgan fingerprint density at radius 3 is 2.44 bits per heavy atom. The molecule has 2 atom stereocenters. The van der Waals surface area contributed by atoms with Crippen LogP contribution in [0.2, 0.25) is 0 Å². The monoisotopic (exact) mass is 243 g/mol. The normalized spacial score (nSPS) is 20.8. The van der Waals surface area contributed by atoms with Gasteiger partial charge in [0.05, 0.1) is 0 Å². The minimum absolute atomic E-state index is 0.569. The number of hydrogen-bond acceptors (Lipinski definition) is 1. The first-order chi connectivity index (χ1) is 7.77. The zero-order chi connectivity index (χ0) is 11.8. The summed E-state index contributed by atoms with van der Waals surface area (Å²) in [6, 6.07) is 0. The van der Waals surface area contributed by atoms with Crippen molar-refractivity contribution >= 4 is 7.80 Å². The van der Waals surface area contributed by atoms with Crippen LogP contribution in [0.1, 0.15) is 71.6 Å². The summed E-state index contributed by atoms with van der Waals surface area (Å²) in [7, 11) is -0.910. The van der Waals surface area contributed by atoms with Crippen LogP contribution < -0.4 is 0 Å². The van der Waals surface area contributed by atoms with E-state index < -0.39 is 7.80 Å². The van der Waals surface area contributed by atoms with Gasteiger partial charge in [0.25, 0.3) is 0 Å². The smallest absolute Gasteiger partial charge is 0.0745 e. The molecule has 2 unspecified atom stereocenters. The lowest BCUT2D eigenvalue weighted by atomic mass is 10.0. The molecule has 2 heteroatoms. The highest BCUT2D eigenvalue weighted by atomic mass is 31.1. The zero-order valence-electron chi connectivity index (χ0n) is 11.1. The van der Waals surface area contributed by atoms with E-state index in [1.54, 1.807) is 0 Å². The molecule has 94 valence electrons. The second kappa shape index (κ2) is 8.23. The van der Waals surface area contributed by atoms with Crippen LogP contribution in [0.15, 0.2) is 0 Å². The quantitative estimate of drug-likeness (QED) is 0.550. The summed E-state index contributed by atoms with van der Waals surface area (Å²) in [5, 5.41) is 0. The second-order valence-electron chi connectivity index (χ2n) is 5.31. The maximum atomic E-state index is 12.3. The van der Waals surface area contributed by atoms with Crippen LogP contribution >= 0.6 is 7.80 Å². The van der Waals surface area contributed by atoms with Gasteiger partial charge in [0, 0.05) is 5.92 Å². The third kappa shape index (κ3) is 4.95. The Hall–Kier alpha value is 0.100. The van der Waals surface area contributed by atoms with Crippen LogP contribution in [-0.2, 0) is 4.57 Å². The fraction of sp³-hybridized carbons (Fsp3) is 1.00. The van der Waals surface area contributed by atoms with Crippen LogP contribution in [-0.4, -0.2) is 11.8 Å². The van der Waals surface area contributed by atoms with E-state index in [1.165, 1.54) is 57.8 Å². The fourth-order valence-electron chi connectivity index (χ4n) is 2.69. The molecule has 0 aromatic heterocycles. The highest BCUT2D eigenvalue weighted by molar-refractivity contribution is 7.45. The molecule has 1 rings (SSSR count). The first-order valence-electron chi connectivity index (χ1n) is 7.21. The lowest BCUT2D eigenvalue weighted by Gasteiger charge is -2.15. The largest absolute Gasteiger partial charge is 0.342 e. The van der Waals surface area contributed by atoms with Gasteiger partial charge in [-0.2, -0.15) is 0 Å². The lowest BCUT2D eigenvalue weighted by molar-refractivity contribution is 0.465. The maximum Gasteiger partial charge on any atom is 0.342 e. The average Bonchev–Trinajstić information content (AvgIpc) is 2.35. The molecule has 0 N–H and O–H groups in total. The van der Waals surface area contributed by atoms with Gasteiger partial charge < -0.3 is 0 Å². The Kier molecular flexibility index (Phi) is 7.28. The van der Waals surface area contributed by atoms with Gasteiger partial charge in [0.1, 0.15) is 6.16 Å². The van der Waals surface area contributed by atoms with E-state index in [4.69, 9.17) is 0 Å². The molecule has 1 fully saturated rings. The Labute approximate surface area is 102 Å². The summed E-state index contributed by atoms with van der Waals surface area (Å²) in [5.74, 6) is 0.727. The van der Waals surface area contributed by atoms with Gasteiger partial charge in [-0.05, 0) is 38.5 Å². The average molecular weight is 243 g/mol. The van der Waals surface area contributed by atoms with Crippen molar-refractivity contribution in [2.75, 3.05) is 6.16 Å². The summed E-state index contributed by atoms with van der Waals surface area (Å²) in [6.07, 6.45) is 12.6.